The average molecular weight is 353 g/mol. The van der Waals surface area contributed by atoms with Crippen molar-refractivity contribution in [2.24, 2.45) is 0 Å². The Bertz CT molecular complexity index is 528. The molecule has 0 aliphatic carbocycles. The molecule has 0 bridgehead atoms. The van der Waals surface area contributed by atoms with E-state index in [4.69, 9.17) is 4.74 Å². The van der Waals surface area contributed by atoms with Gasteiger partial charge in [0, 0.05) is 17.2 Å². The molecule has 2 nitrogen and oxygen atoms in total. The minimum Gasteiger partial charge on any atom is -0.380 e. The van der Waals surface area contributed by atoms with Crippen molar-refractivity contribution in [2.75, 3.05) is 13.2 Å². The maximum absolute atomic E-state index is 13.7. The molecule has 2 aromatic carbocycles. The molecular weight excluding hydrogens is 335 g/mol. The summed E-state index contributed by atoms with van der Waals surface area (Å²) in [4.78, 5) is 0. The number of halogens is 1. The molecule has 0 heterocycles. The second kappa shape index (κ2) is 7.21. The topological polar surface area (TPSA) is 26.3 Å². The Labute approximate surface area is 128 Å². The van der Waals surface area contributed by atoms with Crippen LogP contribution in [0.4, 0.5) is 0 Å². The Hall–Kier alpha value is -0.890. The monoisotopic (exact) mass is 352 g/mol. The molecule has 0 fully saturated rings. The van der Waals surface area contributed by atoms with Gasteiger partial charge in [-0.2, -0.15) is 0 Å². The van der Waals surface area contributed by atoms with Crippen molar-refractivity contribution in [3.8, 4) is 0 Å². The van der Waals surface area contributed by atoms with Gasteiger partial charge >= 0.3 is 0 Å². The van der Waals surface area contributed by atoms with Crippen LogP contribution in [0.3, 0.4) is 0 Å². The lowest BCUT2D eigenvalue weighted by atomic mass is 10.4. The van der Waals surface area contributed by atoms with Crippen LogP contribution in [0.1, 0.15) is 6.92 Å². The van der Waals surface area contributed by atoms with Gasteiger partial charge in [0.2, 0.25) is 0 Å². The highest BCUT2D eigenvalue weighted by Gasteiger charge is 2.34. The second-order valence-corrected chi connectivity index (χ2v) is 9.21. The van der Waals surface area contributed by atoms with Crippen LogP contribution in [-0.4, -0.2) is 17.8 Å². The summed E-state index contributed by atoms with van der Waals surface area (Å²) < 4.78 is 18.9. The van der Waals surface area contributed by atoms with E-state index in [1.165, 1.54) is 0 Å². The first-order valence-electron chi connectivity index (χ1n) is 6.62. The highest BCUT2D eigenvalue weighted by Crippen LogP contribution is 2.51. The SMILES string of the molecule is CCOCC(Br)P(=O)(c1ccccc1)c1ccccc1. The summed E-state index contributed by atoms with van der Waals surface area (Å²) in [5.74, 6) is 0. The molecule has 0 saturated carbocycles. The van der Waals surface area contributed by atoms with Gasteiger partial charge in [-0.15, -0.1) is 0 Å². The van der Waals surface area contributed by atoms with Crippen LogP contribution in [0.2, 0.25) is 0 Å². The van der Waals surface area contributed by atoms with Crippen molar-refractivity contribution in [1.82, 2.24) is 0 Å². The fourth-order valence-corrected chi connectivity index (χ4v) is 6.19. The first kappa shape index (κ1) is 15.5. The lowest BCUT2D eigenvalue weighted by Gasteiger charge is -2.24. The molecule has 0 spiro atoms. The van der Waals surface area contributed by atoms with Gasteiger partial charge in [0.1, 0.15) is 0 Å². The minimum absolute atomic E-state index is 0.222. The summed E-state index contributed by atoms with van der Waals surface area (Å²) in [6.07, 6.45) is 0. The molecule has 0 aliphatic rings. The Kier molecular flexibility index (Phi) is 5.59. The van der Waals surface area contributed by atoms with Gasteiger partial charge in [-0.25, -0.2) is 0 Å². The predicted octanol–water partition coefficient (Wildman–Crippen LogP) is 3.76. The Morgan fingerprint density at radius 3 is 1.85 bits per heavy atom. The van der Waals surface area contributed by atoms with Gasteiger partial charge in [-0.1, -0.05) is 76.6 Å². The van der Waals surface area contributed by atoms with Crippen molar-refractivity contribution in [1.29, 1.82) is 0 Å². The van der Waals surface area contributed by atoms with Crippen LogP contribution in [0.5, 0.6) is 0 Å². The average Bonchev–Trinajstić information content (AvgIpc) is 2.53. The van der Waals surface area contributed by atoms with Gasteiger partial charge in [-0.05, 0) is 6.92 Å². The van der Waals surface area contributed by atoms with E-state index in [2.05, 4.69) is 15.9 Å². The third kappa shape index (κ3) is 3.22. The lowest BCUT2D eigenvalue weighted by Crippen LogP contribution is -2.25. The zero-order chi connectivity index (χ0) is 14.4. The zero-order valence-electron chi connectivity index (χ0n) is 11.4. The molecule has 0 radical (unpaired) electrons. The predicted molar refractivity (Wildman–Crippen MR) is 89.0 cm³/mol. The van der Waals surface area contributed by atoms with Crippen LogP contribution < -0.4 is 10.6 Å². The minimum atomic E-state index is -2.75. The van der Waals surface area contributed by atoms with Crippen molar-refractivity contribution in [3.05, 3.63) is 60.7 Å². The molecule has 0 aliphatic heterocycles. The maximum Gasteiger partial charge on any atom is 0.158 e. The van der Waals surface area contributed by atoms with Gasteiger partial charge < -0.3 is 9.30 Å². The first-order valence-corrected chi connectivity index (χ1v) is 9.31. The second-order valence-electron chi connectivity index (χ2n) is 4.42. The van der Waals surface area contributed by atoms with Gasteiger partial charge in [-0.3, -0.25) is 0 Å². The number of benzene rings is 2. The van der Waals surface area contributed by atoms with E-state index in [1.54, 1.807) is 0 Å². The fraction of sp³-hybridized carbons (Fsp3) is 0.250. The summed E-state index contributed by atoms with van der Waals surface area (Å²) in [6.45, 7) is 2.99. The molecule has 0 aromatic heterocycles. The van der Waals surface area contributed by atoms with E-state index >= 15 is 0 Å². The standard InChI is InChI=1S/C16H18BrO2P/c1-2-19-13-16(17)20(18,14-9-5-3-6-10-14)15-11-7-4-8-12-15/h3-12,16H,2,13H2,1H3. The fourth-order valence-electron chi connectivity index (χ4n) is 2.09. The summed E-state index contributed by atoms with van der Waals surface area (Å²) >= 11 is 3.59. The van der Waals surface area contributed by atoms with Crippen LogP contribution in [0.15, 0.2) is 60.7 Å². The quantitative estimate of drug-likeness (QED) is 0.584. The highest BCUT2D eigenvalue weighted by atomic mass is 79.9. The number of ether oxygens (including phenoxy) is 1. The lowest BCUT2D eigenvalue weighted by molar-refractivity contribution is 0.160. The molecule has 1 atom stereocenters. The molecule has 1 unspecified atom stereocenters. The Balaban J connectivity index is 2.47. The number of hydrogen-bond donors (Lipinski definition) is 0. The van der Waals surface area contributed by atoms with E-state index < -0.39 is 7.14 Å². The van der Waals surface area contributed by atoms with Crippen LogP contribution >= 0.6 is 23.1 Å². The third-order valence-electron chi connectivity index (χ3n) is 3.13. The number of alkyl halides is 1. The molecule has 4 heteroatoms. The van der Waals surface area contributed by atoms with E-state index in [9.17, 15) is 4.57 Å². The number of hydrogen-bond acceptors (Lipinski definition) is 2. The molecule has 0 amide bonds. The van der Waals surface area contributed by atoms with Crippen molar-refractivity contribution < 1.29 is 9.30 Å². The van der Waals surface area contributed by atoms with Gasteiger partial charge in [0.05, 0.1) is 11.2 Å². The molecule has 2 rings (SSSR count). The van der Waals surface area contributed by atoms with Crippen molar-refractivity contribution >= 4 is 33.7 Å². The Morgan fingerprint density at radius 2 is 1.45 bits per heavy atom. The van der Waals surface area contributed by atoms with Crippen LogP contribution in [-0.2, 0) is 9.30 Å². The van der Waals surface area contributed by atoms with Gasteiger partial charge in [0.25, 0.3) is 0 Å². The third-order valence-corrected chi connectivity index (χ3v) is 8.20. The largest absolute Gasteiger partial charge is 0.380 e. The van der Waals surface area contributed by atoms with Gasteiger partial charge in [0.15, 0.2) is 7.14 Å². The molecule has 20 heavy (non-hydrogen) atoms. The maximum atomic E-state index is 13.7. The van der Waals surface area contributed by atoms with E-state index in [0.717, 1.165) is 10.6 Å². The molecule has 0 saturated heterocycles. The van der Waals surface area contributed by atoms with E-state index in [-0.39, 0.29) is 4.57 Å². The number of rotatable bonds is 6. The summed E-state index contributed by atoms with van der Waals surface area (Å²) in [5, 5.41) is 1.71. The normalized spacial score (nSPS) is 13.1. The molecule has 2 aromatic rings. The Morgan fingerprint density at radius 1 is 1.00 bits per heavy atom. The highest BCUT2D eigenvalue weighted by molar-refractivity contribution is 9.11. The smallest absolute Gasteiger partial charge is 0.158 e. The van der Waals surface area contributed by atoms with Crippen LogP contribution in [0.25, 0.3) is 0 Å². The van der Waals surface area contributed by atoms with E-state index in [0.29, 0.717) is 13.2 Å². The first-order chi connectivity index (χ1) is 9.69. The van der Waals surface area contributed by atoms with Crippen LogP contribution in [0, 0.1) is 0 Å². The summed E-state index contributed by atoms with van der Waals surface area (Å²) in [6, 6.07) is 19.3. The van der Waals surface area contributed by atoms with E-state index in [1.807, 2.05) is 67.6 Å². The molecular formula is C16H18BrO2P. The summed E-state index contributed by atoms with van der Waals surface area (Å²) in [5.41, 5.74) is 0. The van der Waals surface area contributed by atoms with Crippen molar-refractivity contribution in [2.45, 2.75) is 11.5 Å². The zero-order valence-corrected chi connectivity index (χ0v) is 13.9. The summed E-state index contributed by atoms with van der Waals surface area (Å²) in [7, 11) is -2.75. The van der Waals surface area contributed by atoms with Crippen molar-refractivity contribution in [3.63, 3.8) is 0 Å². The molecule has 106 valence electrons. The molecule has 0 N–H and O–H groups in total.